The highest BCUT2D eigenvalue weighted by atomic mass is 127. The summed E-state index contributed by atoms with van der Waals surface area (Å²) in [6.07, 6.45) is 6.42. The van der Waals surface area contributed by atoms with Crippen molar-refractivity contribution in [2.45, 2.75) is 10.7 Å². The van der Waals surface area contributed by atoms with Gasteiger partial charge in [-0.3, -0.25) is 4.79 Å². The van der Waals surface area contributed by atoms with Crippen LogP contribution in [0.1, 0.15) is 6.42 Å². The minimum Gasteiger partial charge on any atom is -0.468 e. The molecule has 1 aliphatic rings. The molecule has 1 aliphatic carbocycles. The second-order valence-electron chi connectivity index (χ2n) is 2.44. The Hall–Kier alpha value is 0.160. The lowest BCUT2D eigenvalue weighted by molar-refractivity contribution is -0.141. The number of alkyl halides is 1. The van der Waals surface area contributed by atoms with Crippen LogP contribution in [0.3, 0.4) is 0 Å². The van der Waals surface area contributed by atoms with Gasteiger partial charge in [-0.15, -0.1) is 0 Å². The zero-order valence-corrected chi connectivity index (χ0v) is 10.3. The summed E-state index contributed by atoms with van der Waals surface area (Å²) >= 11 is 5.52. The van der Waals surface area contributed by atoms with Crippen molar-refractivity contribution in [2.75, 3.05) is 7.11 Å². The highest BCUT2D eigenvalue weighted by molar-refractivity contribution is 14.1. The predicted molar refractivity (Wildman–Crippen MR) is 59.5 cm³/mol. The molecule has 1 atom stereocenters. The van der Waals surface area contributed by atoms with Gasteiger partial charge in [0.05, 0.1) is 7.11 Å². The van der Waals surface area contributed by atoms with E-state index in [2.05, 4.69) is 38.5 Å². The molecule has 0 bridgehead atoms. The van der Waals surface area contributed by atoms with Crippen LogP contribution in [-0.2, 0) is 9.53 Å². The molecule has 2 nitrogen and oxygen atoms in total. The maximum absolute atomic E-state index is 11.4. The third kappa shape index (κ3) is 1.74. The van der Waals surface area contributed by atoms with E-state index in [1.165, 1.54) is 7.11 Å². The molecule has 0 saturated carbocycles. The van der Waals surface area contributed by atoms with Crippen LogP contribution in [0.25, 0.3) is 0 Å². The summed E-state index contributed by atoms with van der Waals surface area (Å²) in [6, 6.07) is 0. The van der Waals surface area contributed by atoms with Gasteiger partial charge in [-0.25, -0.2) is 0 Å². The quantitative estimate of drug-likeness (QED) is 0.416. The van der Waals surface area contributed by atoms with Crippen LogP contribution >= 0.6 is 38.5 Å². The molecule has 1 unspecified atom stereocenters. The molecule has 0 aromatic heterocycles. The lowest BCUT2D eigenvalue weighted by atomic mass is 10.0. The smallest absolute Gasteiger partial charge is 0.327 e. The van der Waals surface area contributed by atoms with Gasteiger partial charge >= 0.3 is 5.97 Å². The number of ether oxygens (including phenoxy) is 1. The van der Waals surface area contributed by atoms with E-state index in [0.29, 0.717) is 6.42 Å². The van der Waals surface area contributed by atoms with Crippen LogP contribution in [0.4, 0.5) is 0 Å². The minimum absolute atomic E-state index is 0.243. The SMILES string of the molecule is COC(=O)C1(Br)CC=CC=C1I. The summed E-state index contributed by atoms with van der Waals surface area (Å²) in [5.74, 6) is -0.243. The van der Waals surface area contributed by atoms with E-state index in [9.17, 15) is 4.79 Å². The standard InChI is InChI=1S/C8H8BrIO2/c1-12-7(11)8(9)5-3-2-4-6(8)10/h2-4H,5H2,1H3. The van der Waals surface area contributed by atoms with Crippen LogP contribution in [0.5, 0.6) is 0 Å². The lowest BCUT2D eigenvalue weighted by Gasteiger charge is -2.24. The van der Waals surface area contributed by atoms with Crippen molar-refractivity contribution < 1.29 is 9.53 Å². The molecule has 0 N–H and O–H groups in total. The molecule has 0 aliphatic heterocycles. The van der Waals surface area contributed by atoms with Gasteiger partial charge in [0.1, 0.15) is 0 Å². The van der Waals surface area contributed by atoms with E-state index in [-0.39, 0.29) is 5.97 Å². The average molecular weight is 343 g/mol. The van der Waals surface area contributed by atoms with Crippen LogP contribution in [-0.4, -0.2) is 17.4 Å². The maximum Gasteiger partial charge on any atom is 0.327 e. The number of allylic oxidation sites excluding steroid dienone is 3. The second kappa shape index (κ2) is 3.91. The molecule has 0 aromatic rings. The molecule has 0 heterocycles. The number of carbonyl (C=O) groups excluding carboxylic acids is 1. The van der Waals surface area contributed by atoms with Crippen molar-refractivity contribution in [2.24, 2.45) is 0 Å². The van der Waals surface area contributed by atoms with Crippen molar-refractivity contribution in [3.05, 3.63) is 21.8 Å². The summed E-state index contributed by atoms with van der Waals surface area (Å²) in [6.45, 7) is 0. The first-order valence-corrected chi connectivity index (χ1v) is 5.28. The van der Waals surface area contributed by atoms with Gasteiger partial charge in [0.25, 0.3) is 0 Å². The zero-order valence-electron chi connectivity index (χ0n) is 6.51. The Balaban J connectivity index is 2.92. The molecule has 12 heavy (non-hydrogen) atoms. The zero-order chi connectivity index (χ0) is 9.19. The fourth-order valence-corrected chi connectivity index (χ4v) is 2.08. The van der Waals surface area contributed by atoms with Gasteiger partial charge in [-0.1, -0.05) is 34.2 Å². The van der Waals surface area contributed by atoms with Crippen LogP contribution in [0.2, 0.25) is 0 Å². The number of carbonyl (C=O) groups is 1. The Morgan fingerprint density at radius 3 is 3.00 bits per heavy atom. The number of methoxy groups -OCH3 is 1. The summed E-state index contributed by atoms with van der Waals surface area (Å²) in [5.41, 5.74) is 0. The van der Waals surface area contributed by atoms with E-state index in [0.717, 1.165) is 3.58 Å². The topological polar surface area (TPSA) is 26.3 Å². The number of hydrogen-bond donors (Lipinski definition) is 0. The van der Waals surface area contributed by atoms with E-state index < -0.39 is 4.32 Å². The lowest BCUT2D eigenvalue weighted by Crippen LogP contribution is -2.33. The first kappa shape index (κ1) is 10.2. The van der Waals surface area contributed by atoms with Crippen molar-refractivity contribution in [3.63, 3.8) is 0 Å². The van der Waals surface area contributed by atoms with Gasteiger partial charge in [0.15, 0.2) is 4.32 Å². The highest BCUT2D eigenvalue weighted by Crippen LogP contribution is 2.39. The third-order valence-corrected chi connectivity index (χ3v) is 4.76. The van der Waals surface area contributed by atoms with Crippen LogP contribution in [0, 0.1) is 0 Å². The Kier molecular flexibility index (Phi) is 3.34. The molecular weight excluding hydrogens is 335 g/mol. The highest BCUT2D eigenvalue weighted by Gasteiger charge is 2.39. The summed E-state index contributed by atoms with van der Waals surface area (Å²) in [7, 11) is 1.40. The van der Waals surface area contributed by atoms with Gasteiger partial charge in [-0.2, -0.15) is 0 Å². The molecule has 0 radical (unpaired) electrons. The number of esters is 1. The first-order valence-electron chi connectivity index (χ1n) is 3.41. The van der Waals surface area contributed by atoms with Gasteiger partial charge < -0.3 is 4.74 Å². The summed E-state index contributed by atoms with van der Waals surface area (Å²) < 4.78 is 5.01. The van der Waals surface area contributed by atoms with Crippen molar-refractivity contribution >= 4 is 44.5 Å². The van der Waals surface area contributed by atoms with Gasteiger partial charge in [-0.05, 0) is 29.0 Å². The summed E-state index contributed by atoms with van der Waals surface area (Å²) in [5, 5.41) is 0. The molecule has 0 saturated heterocycles. The fourth-order valence-electron chi connectivity index (χ4n) is 0.955. The van der Waals surface area contributed by atoms with Gasteiger partial charge in [0.2, 0.25) is 0 Å². The third-order valence-electron chi connectivity index (χ3n) is 1.67. The van der Waals surface area contributed by atoms with E-state index in [1.54, 1.807) is 0 Å². The molecule has 0 spiro atoms. The molecule has 0 amide bonds. The van der Waals surface area contributed by atoms with Crippen molar-refractivity contribution in [1.82, 2.24) is 0 Å². The van der Waals surface area contributed by atoms with E-state index in [1.807, 2.05) is 18.2 Å². The fraction of sp³-hybridized carbons (Fsp3) is 0.375. The van der Waals surface area contributed by atoms with Crippen molar-refractivity contribution in [3.8, 4) is 0 Å². The summed E-state index contributed by atoms with van der Waals surface area (Å²) in [4.78, 5) is 11.4. The Labute approximate surface area is 93.3 Å². The van der Waals surface area contributed by atoms with Crippen LogP contribution < -0.4 is 0 Å². The molecule has 0 aromatic carbocycles. The monoisotopic (exact) mass is 342 g/mol. The molecule has 0 fully saturated rings. The van der Waals surface area contributed by atoms with Crippen molar-refractivity contribution in [1.29, 1.82) is 0 Å². The first-order chi connectivity index (χ1) is 5.61. The molecular formula is C8H8BrIO2. The van der Waals surface area contributed by atoms with E-state index >= 15 is 0 Å². The average Bonchev–Trinajstić information content (AvgIpc) is 2.09. The number of rotatable bonds is 1. The number of halogens is 2. The Morgan fingerprint density at radius 2 is 2.50 bits per heavy atom. The number of hydrogen-bond acceptors (Lipinski definition) is 2. The second-order valence-corrected chi connectivity index (χ2v) is 4.96. The van der Waals surface area contributed by atoms with Gasteiger partial charge in [0, 0.05) is 3.58 Å². The molecule has 4 heteroatoms. The Morgan fingerprint density at radius 1 is 1.83 bits per heavy atom. The van der Waals surface area contributed by atoms with Crippen LogP contribution in [0.15, 0.2) is 21.8 Å². The normalized spacial score (nSPS) is 28.1. The predicted octanol–water partition coefficient (Wildman–Crippen LogP) is 2.57. The molecule has 66 valence electrons. The Bertz CT molecular complexity index is 260. The largest absolute Gasteiger partial charge is 0.468 e. The molecule has 1 rings (SSSR count). The minimum atomic E-state index is -0.642. The van der Waals surface area contributed by atoms with E-state index in [4.69, 9.17) is 4.74 Å². The maximum atomic E-state index is 11.4.